The average molecular weight is 474 g/mol. The highest BCUT2D eigenvalue weighted by Crippen LogP contribution is 2.31. The number of carbonyl (C=O) groups excluding carboxylic acids is 2. The van der Waals surface area contributed by atoms with Gasteiger partial charge < -0.3 is 5.32 Å². The molecule has 10 heteroatoms. The number of imide groups is 1. The molecule has 7 nitrogen and oxygen atoms in total. The molecule has 4 rings (SSSR count). The Hall–Kier alpha value is -2.91. The van der Waals surface area contributed by atoms with Crippen molar-refractivity contribution < 1.29 is 14.0 Å². The summed E-state index contributed by atoms with van der Waals surface area (Å²) >= 11 is 7.51. The lowest BCUT2D eigenvalue weighted by atomic mass is 10.1. The predicted octanol–water partition coefficient (Wildman–Crippen LogP) is 4.11. The van der Waals surface area contributed by atoms with Crippen molar-refractivity contribution in [3.05, 3.63) is 69.8 Å². The van der Waals surface area contributed by atoms with Crippen molar-refractivity contribution in [2.24, 2.45) is 0 Å². The lowest BCUT2D eigenvalue weighted by Crippen LogP contribution is -2.53. The summed E-state index contributed by atoms with van der Waals surface area (Å²) in [6.45, 7) is 3.97. The second kappa shape index (κ2) is 9.30. The zero-order valence-corrected chi connectivity index (χ0v) is 19.1. The zero-order valence-electron chi connectivity index (χ0n) is 17.5. The Balaban J connectivity index is 1.69. The van der Waals surface area contributed by atoms with E-state index in [1.54, 1.807) is 12.1 Å². The van der Waals surface area contributed by atoms with Crippen LogP contribution in [0.25, 0.3) is 5.69 Å². The van der Waals surface area contributed by atoms with E-state index in [0.717, 1.165) is 16.8 Å². The zero-order chi connectivity index (χ0) is 22.8. The number of nitrogens with one attached hydrogen (secondary N) is 2. The molecule has 1 unspecified atom stereocenters. The number of aryl methyl sites for hydroxylation is 2. The first-order chi connectivity index (χ1) is 15.3. The number of carbonyl (C=O) groups is 2. The number of thioether (sulfide) groups is 1. The molecule has 1 aliphatic rings. The molecule has 1 fully saturated rings. The molecule has 0 saturated carbocycles. The maximum atomic E-state index is 14.3. The molecule has 2 heterocycles. The maximum absolute atomic E-state index is 14.3. The molecule has 3 aromatic rings. The van der Waals surface area contributed by atoms with Gasteiger partial charge in [0.05, 0.1) is 5.69 Å². The Morgan fingerprint density at radius 3 is 2.78 bits per heavy atom. The van der Waals surface area contributed by atoms with E-state index in [-0.39, 0.29) is 23.9 Å². The monoisotopic (exact) mass is 473 g/mol. The number of nitrogens with zero attached hydrogens (tertiary/aromatic N) is 3. The Bertz CT molecular complexity index is 1160. The van der Waals surface area contributed by atoms with E-state index in [4.69, 9.17) is 11.6 Å². The quantitative estimate of drug-likeness (QED) is 0.526. The summed E-state index contributed by atoms with van der Waals surface area (Å²) in [5.41, 5.74) is 3.35. The van der Waals surface area contributed by atoms with Crippen molar-refractivity contribution in [2.75, 3.05) is 0 Å². The molecule has 1 saturated heterocycles. The molecule has 1 atom stereocenters. The van der Waals surface area contributed by atoms with E-state index in [2.05, 4.69) is 20.8 Å². The minimum absolute atomic E-state index is 0.151. The largest absolute Gasteiger partial charge is 0.334 e. The van der Waals surface area contributed by atoms with E-state index < -0.39 is 12.1 Å². The van der Waals surface area contributed by atoms with Gasteiger partial charge in [0.2, 0.25) is 5.91 Å². The van der Waals surface area contributed by atoms with Gasteiger partial charge >= 0.3 is 6.03 Å². The summed E-state index contributed by atoms with van der Waals surface area (Å²) < 4.78 is 16.2. The van der Waals surface area contributed by atoms with Crippen LogP contribution >= 0.6 is 23.4 Å². The summed E-state index contributed by atoms with van der Waals surface area (Å²) in [5.74, 6) is 0.164. The van der Waals surface area contributed by atoms with Crippen LogP contribution in [0.1, 0.15) is 28.9 Å². The van der Waals surface area contributed by atoms with Crippen LogP contribution in [-0.4, -0.2) is 32.7 Å². The topological polar surface area (TPSA) is 88.9 Å². The molecule has 0 spiro atoms. The number of urea groups is 1. The normalized spacial score (nSPS) is 16.1. The number of hydrogen-bond acceptors (Lipinski definition) is 5. The fourth-order valence-corrected chi connectivity index (χ4v) is 4.86. The van der Waals surface area contributed by atoms with Crippen LogP contribution < -0.4 is 10.6 Å². The third kappa shape index (κ3) is 4.78. The Kier molecular flexibility index (Phi) is 6.48. The van der Waals surface area contributed by atoms with Crippen molar-refractivity contribution in [1.82, 2.24) is 25.4 Å². The predicted molar refractivity (Wildman–Crippen MR) is 121 cm³/mol. The molecule has 2 N–H and O–H groups in total. The van der Waals surface area contributed by atoms with Crippen LogP contribution in [0.2, 0.25) is 5.02 Å². The van der Waals surface area contributed by atoms with Gasteiger partial charge in [-0.2, -0.15) is 0 Å². The average Bonchev–Trinajstić information content (AvgIpc) is 3.11. The van der Waals surface area contributed by atoms with Gasteiger partial charge in [0.25, 0.3) is 0 Å². The van der Waals surface area contributed by atoms with Gasteiger partial charge in [-0.3, -0.25) is 14.7 Å². The highest BCUT2D eigenvalue weighted by Gasteiger charge is 2.27. The van der Waals surface area contributed by atoms with E-state index in [9.17, 15) is 14.0 Å². The van der Waals surface area contributed by atoms with Gasteiger partial charge in [-0.1, -0.05) is 41.6 Å². The number of rotatable bonds is 6. The molecule has 0 radical (unpaired) electrons. The summed E-state index contributed by atoms with van der Waals surface area (Å²) in [6, 6.07) is 9.71. The third-order valence-corrected chi connectivity index (χ3v) is 6.47. The second-order valence-corrected chi connectivity index (χ2v) is 8.99. The van der Waals surface area contributed by atoms with Gasteiger partial charge in [0, 0.05) is 35.2 Å². The van der Waals surface area contributed by atoms with Crippen molar-refractivity contribution in [3.63, 3.8) is 0 Å². The number of amides is 3. The second-order valence-electron chi connectivity index (χ2n) is 7.64. The number of halogens is 2. The standard InChI is InChI=1S/C22H21ClFN5O2S/c1-12-6-7-13(2)18(8-12)29-19(9-14-10-20(30)26-21(31)25-14)27-28-22(29)32-11-15-16(23)4-3-5-17(15)24/h3-8,14H,9-11H2,1-2H3,(H2,25,26,30,31). The minimum Gasteiger partial charge on any atom is -0.334 e. The van der Waals surface area contributed by atoms with Crippen LogP contribution in [0, 0.1) is 19.7 Å². The third-order valence-electron chi connectivity index (χ3n) is 5.16. The molecular formula is C22H21ClFN5O2S. The van der Waals surface area contributed by atoms with E-state index in [1.807, 2.05) is 36.6 Å². The Morgan fingerprint density at radius 1 is 1.22 bits per heavy atom. The lowest BCUT2D eigenvalue weighted by Gasteiger charge is -2.23. The van der Waals surface area contributed by atoms with E-state index >= 15 is 0 Å². The lowest BCUT2D eigenvalue weighted by molar-refractivity contribution is -0.121. The van der Waals surface area contributed by atoms with Crippen LogP contribution in [0.15, 0.2) is 41.6 Å². The van der Waals surface area contributed by atoms with Crippen LogP contribution in [-0.2, 0) is 17.0 Å². The van der Waals surface area contributed by atoms with Gasteiger partial charge in [-0.05, 0) is 43.2 Å². The Morgan fingerprint density at radius 2 is 2.03 bits per heavy atom. The SMILES string of the molecule is Cc1ccc(C)c(-n2c(CC3CC(=O)NC(=O)N3)nnc2SCc2c(F)cccc2Cl)c1. The molecule has 2 aromatic carbocycles. The summed E-state index contributed by atoms with van der Waals surface area (Å²) in [6.07, 6.45) is 0.471. The Labute approximate surface area is 193 Å². The first-order valence-electron chi connectivity index (χ1n) is 9.99. The van der Waals surface area contributed by atoms with Crippen LogP contribution in [0.5, 0.6) is 0 Å². The highest BCUT2D eigenvalue weighted by atomic mass is 35.5. The van der Waals surface area contributed by atoms with Crippen molar-refractivity contribution >= 4 is 35.3 Å². The van der Waals surface area contributed by atoms with Crippen LogP contribution in [0.3, 0.4) is 0 Å². The summed E-state index contributed by atoms with van der Waals surface area (Å²) in [5, 5.41) is 14.6. The molecule has 1 aromatic heterocycles. The first kappa shape index (κ1) is 22.3. The van der Waals surface area contributed by atoms with Gasteiger partial charge in [-0.25, -0.2) is 9.18 Å². The molecule has 0 bridgehead atoms. The fraction of sp³-hybridized carbons (Fsp3) is 0.273. The van der Waals surface area contributed by atoms with Gasteiger partial charge in [0.1, 0.15) is 11.6 Å². The number of benzene rings is 2. The van der Waals surface area contributed by atoms with E-state index in [1.165, 1.54) is 17.8 Å². The van der Waals surface area contributed by atoms with Crippen molar-refractivity contribution in [3.8, 4) is 5.69 Å². The molecule has 32 heavy (non-hydrogen) atoms. The summed E-state index contributed by atoms with van der Waals surface area (Å²) in [7, 11) is 0. The van der Waals surface area contributed by atoms with Crippen molar-refractivity contribution in [2.45, 2.75) is 43.6 Å². The van der Waals surface area contributed by atoms with E-state index in [0.29, 0.717) is 28.0 Å². The number of aromatic nitrogens is 3. The first-order valence-corrected chi connectivity index (χ1v) is 11.4. The molecule has 166 valence electrons. The fourth-order valence-electron chi connectivity index (χ4n) is 3.55. The molecule has 0 aliphatic carbocycles. The molecular weight excluding hydrogens is 453 g/mol. The smallest absolute Gasteiger partial charge is 0.321 e. The van der Waals surface area contributed by atoms with Gasteiger partial charge in [0.15, 0.2) is 5.16 Å². The highest BCUT2D eigenvalue weighted by molar-refractivity contribution is 7.98. The molecule has 3 amide bonds. The van der Waals surface area contributed by atoms with Gasteiger partial charge in [-0.15, -0.1) is 10.2 Å². The van der Waals surface area contributed by atoms with Crippen molar-refractivity contribution in [1.29, 1.82) is 0 Å². The van der Waals surface area contributed by atoms with Crippen LogP contribution in [0.4, 0.5) is 9.18 Å². The maximum Gasteiger partial charge on any atom is 0.321 e. The number of hydrogen-bond donors (Lipinski definition) is 2. The minimum atomic E-state index is -0.521. The molecule has 1 aliphatic heterocycles. The summed E-state index contributed by atoms with van der Waals surface area (Å²) in [4.78, 5) is 23.5.